The second-order valence-corrected chi connectivity index (χ2v) is 5.13. The smallest absolute Gasteiger partial charge is 0.162 e. The van der Waals surface area contributed by atoms with Crippen LogP contribution in [0, 0.1) is 0 Å². The van der Waals surface area contributed by atoms with Crippen LogP contribution in [-0.2, 0) is 6.42 Å². The molecule has 2 heteroatoms. The molecule has 0 spiro atoms. The number of ketones is 1. The van der Waals surface area contributed by atoms with E-state index in [2.05, 4.69) is 18.2 Å². The van der Waals surface area contributed by atoms with Gasteiger partial charge in [-0.2, -0.15) is 0 Å². The molecule has 0 bridgehead atoms. The van der Waals surface area contributed by atoms with Crippen LogP contribution >= 0.6 is 0 Å². The van der Waals surface area contributed by atoms with Gasteiger partial charge in [-0.05, 0) is 41.7 Å². The van der Waals surface area contributed by atoms with E-state index in [1.807, 2.05) is 31.2 Å². The lowest BCUT2D eigenvalue weighted by atomic mass is 9.97. The number of ether oxygens (including phenoxy) is 1. The predicted octanol–water partition coefficient (Wildman–Crippen LogP) is 4.27. The van der Waals surface area contributed by atoms with E-state index < -0.39 is 0 Å². The third-order valence-electron chi connectivity index (χ3n) is 3.77. The van der Waals surface area contributed by atoms with Crippen LogP contribution in [0.15, 0.2) is 42.5 Å². The summed E-state index contributed by atoms with van der Waals surface area (Å²) >= 11 is 0. The summed E-state index contributed by atoms with van der Waals surface area (Å²) in [4.78, 5) is 11.6. The van der Waals surface area contributed by atoms with Crippen molar-refractivity contribution in [2.24, 2.45) is 0 Å². The molecule has 0 saturated heterocycles. The highest BCUT2D eigenvalue weighted by atomic mass is 16.5. The van der Waals surface area contributed by atoms with Crippen LogP contribution in [0.4, 0.5) is 0 Å². The third-order valence-corrected chi connectivity index (χ3v) is 3.77. The lowest BCUT2D eigenvalue weighted by Gasteiger charge is -2.18. The fourth-order valence-corrected chi connectivity index (χ4v) is 2.59. The molecule has 2 aromatic carbocycles. The standard InChI is InChI=1S/C18H18O2/c1-2-17(19)14-7-5-13(6-8-14)15-9-10-18-16(12-15)4-3-11-20-18/h5-10,12H,2-4,11H2,1H3. The van der Waals surface area contributed by atoms with Gasteiger partial charge >= 0.3 is 0 Å². The topological polar surface area (TPSA) is 26.3 Å². The van der Waals surface area contributed by atoms with E-state index in [0.717, 1.165) is 36.3 Å². The van der Waals surface area contributed by atoms with Crippen LogP contribution in [-0.4, -0.2) is 12.4 Å². The van der Waals surface area contributed by atoms with Crippen molar-refractivity contribution in [1.82, 2.24) is 0 Å². The number of hydrogen-bond acceptors (Lipinski definition) is 2. The second kappa shape index (κ2) is 5.49. The Labute approximate surface area is 119 Å². The van der Waals surface area contributed by atoms with Gasteiger partial charge in [0.15, 0.2) is 5.78 Å². The van der Waals surface area contributed by atoms with Gasteiger partial charge in [0.25, 0.3) is 0 Å². The van der Waals surface area contributed by atoms with Crippen molar-refractivity contribution < 1.29 is 9.53 Å². The second-order valence-electron chi connectivity index (χ2n) is 5.13. The van der Waals surface area contributed by atoms with E-state index in [9.17, 15) is 4.79 Å². The molecule has 0 N–H and O–H groups in total. The maximum Gasteiger partial charge on any atom is 0.162 e. The molecule has 20 heavy (non-hydrogen) atoms. The number of rotatable bonds is 3. The molecule has 1 aliphatic rings. The number of carbonyl (C=O) groups is 1. The average molecular weight is 266 g/mol. The van der Waals surface area contributed by atoms with E-state index in [1.165, 1.54) is 11.1 Å². The largest absolute Gasteiger partial charge is 0.493 e. The van der Waals surface area contributed by atoms with Crippen LogP contribution in [0.3, 0.4) is 0 Å². The average Bonchev–Trinajstić information content (AvgIpc) is 2.54. The monoisotopic (exact) mass is 266 g/mol. The van der Waals surface area contributed by atoms with Crippen LogP contribution in [0.1, 0.15) is 35.7 Å². The highest BCUT2D eigenvalue weighted by Gasteiger charge is 2.11. The van der Waals surface area contributed by atoms with Crippen LogP contribution in [0.5, 0.6) is 5.75 Å². The van der Waals surface area contributed by atoms with E-state index in [4.69, 9.17) is 4.74 Å². The molecule has 1 heterocycles. The van der Waals surface area contributed by atoms with Gasteiger partial charge in [0.2, 0.25) is 0 Å². The molecule has 2 aromatic rings. The van der Waals surface area contributed by atoms with Gasteiger partial charge in [-0.3, -0.25) is 4.79 Å². The maximum atomic E-state index is 11.6. The molecule has 0 unspecified atom stereocenters. The highest BCUT2D eigenvalue weighted by Crippen LogP contribution is 2.30. The SMILES string of the molecule is CCC(=O)c1ccc(-c2ccc3c(c2)CCCO3)cc1. The van der Waals surface area contributed by atoms with Crippen LogP contribution in [0.25, 0.3) is 11.1 Å². The minimum atomic E-state index is 0.190. The lowest BCUT2D eigenvalue weighted by molar-refractivity contribution is 0.0988. The molecule has 102 valence electrons. The molecule has 3 rings (SSSR count). The Balaban J connectivity index is 1.91. The summed E-state index contributed by atoms with van der Waals surface area (Å²) in [6.07, 6.45) is 2.71. The minimum absolute atomic E-state index is 0.190. The predicted molar refractivity (Wildman–Crippen MR) is 80.3 cm³/mol. The summed E-state index contributed by atoms with van der Waals surface area (Å²) in [7, 11) is 0. The Kier molecular flexibility index (Phi) is 3.55. The Morgan fingerprint density at radius 1 is 1.10 bits per heavy atom. The fourth-order valence-electron chi connectivity index (χ4n) is 2.59. The highest BCUT2D eigenvalue weighted by molar-refractivity contribution is 5.96. The number of aryl methyl sites for hydroxylation is 1. The van der Waals surface area contributed by atoms with Gasteiger partial charge in [0, 0.05) is 12.0 Å². The Morgan fingerprint density at radius 2 is 1.85 bits per heavy atom. The van der Waals surface area contributed by atoms with Gasteiger partial charge < -0.3 is 4.74 Å². The van der Waals surface area contributed by atoms with E-state index >= 15 is 0 Å². The first-order valence-corrected chi connectivity index (χ1v) is 7.17. The number of carbonyl (C=O) groups excluding carboxylic acids is 1. The van der Waals surface area contributed by atoms with Crippen molar-refractivity contribution >= 4 is 5.78 Å². The molecule has 0 aliphatic carbocycles. The number of benzene rings is 2. The lowest BCUT2D eigenvalue weighted by Crippen LogP contribution is -2.08. The third kappa shape index (κ3) is 2.46. The Morgan fingerprint density at radius 3 is 2.60 bits per heavy atom. The first-order chi connectivity index (χ1) is 9.78. The van der Waals surface area contributed by atoms with E-state index in [1.54, 1.807) is 0 Å². The first kappa shape index (κ1) is 12.9. The molecule has 0 aromatic heterocycles. The van der Waals surface area contributed by atoms with Crippen molar-refractivity contribution in [3.8, 4) is 16.9 Å². The van der Waals surface area contributed by atoms with Crippen molar-refractivity contribution in [1.29, 1.82) is 0 Å². The van der Waals surface area contributed by atoms with Gasteiger partial charge in [0.1, 0.15) is 5.75 Å². The zero-order valence-electron chi connectivity index (χ0n) is 11.7. The molecule has 0 amide bonds. The number of hydrogen-bond donors (Lipinski definition) is 0. The molecule has 0 fully saturated rings. The van der Waals surface area contributed by atoms with Crippen molar-refractivity contribution in [2.45, 2.75) is 26.2 Å². The van der Waals surface area contributed by atoms with Crippen molar-refractivity contribution in [2.75, 3.05) is 6.61 Å². The molecular weight excluding hydrogens is 248 g/mol. The Bertz CT molecular complexity index is 626. The normalized spacial score (nSPS) is 13.4. The number of Topliss-reactive ketones (excluding diaryl/α,β-unsaturated/α-hetero) is 1. The zero-order chi connectivity index (χ0) is 13.9. The number of fused-ring (bicyclic) bond motifs is 1. The minimum Gasteiger partial charge on any atom is -0.493 e. The maximum absolute atomic E-state index is 11.6. The summed E-state index contributed by atoms with van der Waals surface area (Å²) in [5.74, 6) is 1.20. The first-order valence-electron chi connectivity index (χ1n) is 7.17. The van der Waals surface area contributed by atoms with Gasteiger partial charge in [0.05, 0.1) is 6.61 Å². The zero-order valence-corrected chi connectivity index (χ0v) is 11.7. The molecule has 0 radical (unpaired) electrons. The van der Waals surface area contributed by atoms with E-state index in [-0.39, 0.29) is 5.78 Å². The molecule has 0 atom stereocenters. The summed E-state index contributed by atoms with van der Waals surface area (Å²) < 4.78 is 5.63. The summed E-state index contributed by atoms with van der Waals surface area (Å²) in [5.41, 5.74) is 4.40. The summed E-state index contributed by atoms with van der Waals surface area (Å²) in [5, 5.41) is 0. The Hall–Kier alpha value is -2.09. The summed E-state index contributed by atoms with van der Waals surface area (Å²) in [6.45, 7) is 2.71. The quantitative estimate of drug-likeness (QED) is 0.775. The van der Waals surface area contributed by atoms with Gasteiger partial charge in [-0.25, -0.2) is 0 Å². The van der Waals surface area contributed by atoms with Gasteiger partial charge in [-0.1, -0.05) is 37.3 Å². The van der Waals surface area contributed by atoms with Crippen LogP contribution < -0.4 is 4.74 Å². The molecule has 2 nitrogen and oxygen atoms in total. The van der Waals surface area contributed by atoms with Crippen LogP contribution in [0.2, 0.25) is 0 Å². The van der Waals surface area contributed by atoms with Crippen molar-refractivity contribution in [3.05, 3.63) is 53.6 Å². The van der Waals surface area contributed by atoms with Gasteiger partial charge in [-0.15, -0.1) is 0 Å². The fraction of sp³-hybridized carbons (Fsp3) is 0.278. The molecule has 1 aliphatic heterocycles. The van der Waals surface area contributed by atoms with E-state index in [0.29, 0.717) is 6.42 Å². The molecule has 0 saturated carbocycles. The van der Waals surface area contributed by atoms with Crippen molar-refractivity contribution in [3.63, 3.8) is 0 Å². The molecular formula is C18H18O2. The summed E-state index contributed by atoms with van der Waals surface area (Å²) in [6, 6.07) is 14.2.